The minimum absolute atomic E-state index is 0.182. The number of anilines is 1. The number of hydrogen-bond donors (Lipinski definition) is 1. The molecule has 0 spiro atoms. The molecule has 0 aliphatic carbocycles. The minimum atomic E-state index is -0.182. The van der Waals surface area contributed by atoms with Crippen molar-refractivity contribution in [3.63, 3.8) is 0 Å². The molecule has 0 saturated heterocycles. The maximum atomic E-state index is 11.1. The van der Waals surface area contributed by atoms with Gasteiger partial charge < -0.3 is 10.1 Å². The Bertz CT molecular complexity index is 526. The van der Waals surface area contributed by atoms with Crippen LogP contribution in [-0.4, -0.2) is 44.1 Å². The normalized spacial score (nSPS) is 10.5. The van der Waals surface area contributed by atoms with Crippen molar-refractivity contribution >= 4 is 17.4 Å². The highest BCUT2D eigenvalue weighted by Crippen LogP contribution is 2.06. The van der Waals surface area contributed by atoms with Crippen LogP contribution in [0.4, 0.5) is 5.82 Å². The Morgan fingerprint density at radius 1 is 1.50 bits per heavy atom. The first kappa shape index (κ1) is 12.2. The van der Waals surface area contributed by atoms with Crippen LogP contribution in [0.2, 0.25) is 0 Å². The number of carbonyl (C=O) groups excluding carboxylic acids is 1. The first-order chi connectivity index (χ1) is 8.81. The van der Waals surface area contributed by atoms with Crippen molar-refractivity contribution in [3.05, 3.63) is 12.4 Å². The zero-order chi connectivity index (χ0) is 12.8. The smallest absolute Gasteiger partial charge is 0.305 e. The number of fused-ring (bicyclic) bond motifs is 1. The summed E-state index contributed by atoms with van der Waals surface area (Å²) in [5.41, 5.74) is 0.574. The van der Waals surface area contributed by atoms with Crippen LogP contribution in [0.15, 0.2) is 12.4 Å². The topological polar surface area (TPSA) is 94.3 Å². The molecular formula is C10H14N6O2. The lowest BCUT2D eigenvalue weighted by Crippen LogP contribution is -2.10. The Morgan fingerprint density at radius 3 is 3.22 bits per heavy atom. The monoisotopic (exact) mass is 250 g/mol. The fraction of sp³-hybridized carbons (Fsp3) is 0.500. The molecule has 0 saturated carbocycles. The van der Waals surface area contributed by atoms with Crippen molar-refractivity contribution in [1.82, 2.24) is 25.0 Å². The van der Waals surface area contributed by atoms with E-state index in [4.69, 9.17) is 4.74 Å². The van der Waals surface area contributed by atoms with Crippen molar-refractivity contribution < 1.29 is 9.53 Å². The van der Waals surface area contributed by atoms with Crippen LogP contribution in [-0.2, 0) is 9.53 Å². The molecule has 2 rings (SSSR count). The van der Waals surface area contributed by atoms with E-state index in [-0.39, 0.29) is 5.97 Å². The Labute approximate surface area is 103 Å². The predicted molar refractivity (Wildman–Crippen MR) is 62.9 cm³/mol. The third kappa shape index (κ3) is 2.90. The fourth-order valence-corrected chi connectivity index (χ4v) is 1.48. The summed E-state index contributed by atoms with van der Waals surface area (Å²) >= 11 is 0. The van der Waals surface area contributed by atoms with Crippen LogP contribution in [0, 0.1) is 0 Å². The molecule has 0 unspecified atom stereocenters. The van der Waals surface area contributed by atoms with Crippen LogP contribution in [0.5, 0.6) is 0 Å². The van der Waals surface area contributed by atoms with E-state index in [9.17, 15) is 4.79 Å². The third-order valence-electron chi connectivity index (χ3n) is 2.28. The number of nitrogens with zero attached hydrogens (tertiary/aromatic N) is 5. The van der Waals surface area contributed by atoms with E-state index in [2.05, 4.69) is 25.8 Å². The lowest BCUT2D eigenvalue weighted by atomic mass is 10.3. The number of carbonyl (C=O) groups is 1. The van der Waals surface area contributed by atoms with Gasteiger partial charge in [-0.1, -0.05) is 0 Å². The van der Waals surface area contributed by atoms with Crippen LogP contribution in [0.25, 0.3) is 5.65 Å². The van der Waals surface area contributed by atoms with Gasteiger partial charge >= 0.3 is 5.97 Å². The minimum Gasteiger partial charge on any atom is -0.466 e. The van der Waals surface area contributed by atoms with Gasteiger partial charge in [-0.25, -0.2) is 0 Å². The number of hydrogen-bond acceptors (Lipinski definition) is 7. The summed E-state index contributed by atoms with van der Waals surface area (Å²) in [6.45, 7) is 2.83. The zero-order valence-corrected chi connectivity index (χ0v) is 10.0. The molecule has 1 N–H and O–H groups in total. The lowest BCUT2D eigenvalue weighted by molar-refractivity contribution is -0.143. The van der Waals surface area contributed by atoms with Gasteiger partial charge in [-0.3, -0.25) is 9.78 Å². The summed E-state index contributed by atoms with van der Waals surface area (Å²) in [5.74, 6) is 0.513. The quantitative estimate of drug-likeness (QED) is 0.581. The molecule has 0 aromatic carbocycles. The molecule has 96 valence electrons. The molecule has 0 bridgehead atoms. The molecule has 18 heavy (non-hydrogen) atoms. The summed E-state index contributed by atoms with van der Waals surface area (Å²) in [6, 6.07) is 0. The lowest BCUT2D eigenvalue weighted by Gasteiger charge is -2.06. The summed E-state index contributed by atoms with van der Waals surface area (Å²) in [4.78, 5) is 15.1. The second-order valence-corrected chi connectivity index (χ2v) is 3.58. The molecule has 8 nitrogen and oxygen atoms in total. The average Bonchev–Trinajstić information content (AvgIpc) is 2.84. The highest BCUT2D eigenvalue weighted by Gasteiger charge is 2.04. The van der Waals surface area contributed by atoms with E-state index in [1.165, 1.54) is 0 Å². The molecule has 0 aliphatic rings. The van der Waals surface area contributed by atoms with Gasteiger partial charge in [0.25, 0.3) is 0 Å². The predicted octanol–water partition coefficient (Wildman–Crippen LogP) is 0.274. The third-order valence-corrected chi connectivity index (χ3v) is 2.28. The van der Waals surface area contributed by atoms with E-state index in [1.54, 1.807) is 23.8 Å². The van der Waals surface area contributed by atoms with Crippen molar-refractivity contribution in [1.29, 1.82) is 0 Å². The van der Waals surface area contributed by atoms with E-state index >= 15 is 0 Å². The second-order valence-electron chi connectivity index (χ2n) is 3.58. The van der Waals surface area contributed by atoms with Gasteiger partial charge in [-0.15, -0.1) is 5.10 Å². The Kier molecular flexibility index (Phi) is 4.00. The van der Waals surface area contributed by atoms with Gasteiger partial charge in [-0.05, 0) is 23.8 Å². The molecule has 2 aromatic heterocycles. The average molecular weight is 250 g/mol. The Hall–Kier alpha value is -2.25. The number of esters is 1. The Balaban J connectivity index is 1.83. The van der Waals surface area contributed by atoms with Crippen LogP contribution >= 0.6 is 0 Å². The fourth-order valence-electron chi connectivity index (χ4n) is 1.48. The molecule has 0 amide bonds. The molecule has 0 radical (unpaired) electrons. The highest BCUT2D eigenvalue weighted by molar-refractivity contribution is 5.69. The van der Waals surface area contributed by atoms with Crippen molar-refractivity contribution in [3.8, 4) is 0 Å². The summed E-state index contributed by atoms with van der Waals surface area (Å²) in [5, 5.41) is 14.3. The highest BCUT2D eigenvalue weighted by atomic mass is 16.5. The molecule has 8 heteroatoms. The SMILES string of the molecule is CCOC(=O)CCCNc1cncc2nnnn12. The molecule has 0 atom stereocenters. The van der Waals surface area contributed by atoms with Crippen molar-refractivity contribution in [2.24, 2.45) is 0 Å². The standard InChI is InChI=1S/C10H14N6O2/c1-2-18-10(17)4-3-5-12-8-6-11-7-9-13-14-15-16(8)9/h6-7,12H,2-5H2,1H3. The van der Waals surface area contributed by atoms with Gasteiger partial charge in [0.05, 0.1) is 19.0 Å². The van der Waals surface area contributed by atoms with Crippen molar-refractivity contribution in [2.45, 2.75) is 19.8 Å². The van der Waals surface area contributed by atoms with Gasteiger partial charge in [0, 0.05) is 13.0 Å². The van der Waals surface area contributed by atoms with E-state index < -0.39 is 0 Å². The van der Waals surface area contributed by atoms with E-state index in [0.717, 1.165) is 0 Å². The Morgan fingerprint density at radius 2 is 2.39 bits per heavy atom. The number of nitrogens with one attached hydrogen (secondary N) is 1. The van der Waals surface area contributed by atoms with Gasteiger partial charge in [0.1, 0.15) is 5.82 Å². The molecule has 0 aliphatic heterocycles. The number of tetrazole rings is 1. The van der Waals surface area contributed by atoms with E-state index in [0.29, 0.717) is 37.5 Å². The van der Waals surface area contributed by atoms with Crippen LogP contribution in [0.3, 0.4) is 0 Å². The maximum Gasteiger partial charge on any atom is 0.305 e. The van der Waals surface area contributed by atoms with Gasteiger partial charge in [-0.2, -0.15) is 4.52 Å². The molecular weight excluding hydrogens is 236 g/mol. The first-order valence-electron chi connectivity index (χ1n) is 5.73. The summed E-state index contributed by atoms with van der Waals surface area (Å²) < 4.78 is 6.39. The van der Waals surface area contributed by atoms with Crippen LogP contribution < -0.4 is 5.32 Å². The molecule has 2 aromatic rings. The number of aromatic nitrogens is 5. The van der Waals surface area contributed by atoms with Gasteiger partial charge in [0.2, 0.25) is 0 Å². The zero-order valence-electron chi connectivity index (χ0n) is 10.0. The van der Waals surface area contributed by atoms with Crippen molar-refractivity contribution in [2.75, 3.05) is 18.5 Å². The van der Waals surface area contributed by atoms with Crippen LogP contribution in [0.1, 0.15) is 19.8 Å². The summed E-state index contributed by atoms with van der Waals surface area (Å²) in [6.07, 6.45) is 4.27. The molecule has 0 fully saturated rings. The van der Waals surface area contributed by atoms with E-state index in [1.807, 2.05) is 0 Å². The number of rotatable bonds is 6. The first-order valence-corrected chi connectivity index (χ1v) is 5.73. The second kappa shape index (κ2) is 5.89. The largest absolute Gasteiger partial charge is 0.466 e. The van der Waals surface area contributed by atoms with Gasteiger partial charge in [0.15, 0.2) is 5.65 Å². The number of ether oxygens (including phenoxy) is 1. The molecule has 2 heterocycles. The summed E-state index contributed by atoms with van der Waals surface area (Å²) in [7, 11) is 0. The maximum absolute atomic E-state index is 11.1.